The number of hydrogen-bond donors (Lipinski definition) is 1. The van der Waals surface area contributed by atoms with Crippen molar-refractivity contribution in [3.63, 3.8) is 0 Å². The Morgan fingerprint density at radius 1 is 1.40 bits per heavy atom. The van der Waals surface area contributed by atoms with Gasteiger partial charge in [-0.3, -0.25) is 4.79 Å². The zero-order chi connectivity index (χ0) is 15.7. The van der Waals surface area contributed by atoms with Gasteiger partial charge in [-0.15, -0.1) is 0 Å². The molecule has 0 heterocycles. The molecule has 1 aromatic carbocycles. The van der Waals surface area contributed by atoms with Gasteiger partial charge in [-0.05, 0) is 38.5 Å². The minimum absolute atomic E-state index is 0.253. The van der Waals surface area contributed by atoms with Crippen molar-refractivity contribution in [3.8, 4) is 0 Å². The molecule has 0 aromatic heterocycles. The molecule has 1 rings (SSSR count). The number of carbonyl (C=O) groups excluding carboxylic acids is 1. The Balaban J connectivity index is 3.40. The molecule has 0 bridgehead atoms. The van der Waals surface area contributed by atoms with Gasteiger partial charge in [-0.1, -0.05) is 6.92 Å². The number of carbonyl (C=O) groups is 1. The van der Waals surface area contributed by atoms with Crippen molar-refractivity contribution in [1.29, 1.82) is 0 Å². The summed E-state index contributed by atoms with van der Waals surface area (Å²) >= 11 is 0. The number of rotatable bonds is 4. The van der Waals surface area contributed by atoms with Crippen molar-refractivity contribution in [1.82, 2.24) is 4.90 Å². The third-order valence-corrected chi connectivity index (χ3v) is 4.53. The quantitative estimate of drug-likeness (QED) is 0.919. The van der Waals surface area contributed by atoms with E-state index in [1.54, 1.807) is 7.05 Å². The molecule has 7 heteroatoms. The fourth-order valence-electron chi connectivity index (χ4n) is 1.61. The summed E-state index contributed by atoms with van der Waals surface area (Å²) in [5, 5.41) is 5.07. The Morgan fingerprint density at radius 2 is 1.95 bits per heavy atom. The highest BCUT2D eigenvalue weighted by molar-refractivity contribution is 7.89. The average molecular weight is 302 g/mol. The summed E-state index contributed by atoms with van der Waals surface area (Å²) in [6.07, 6.45) is 0.662. The molecular weight excluding hydrogens is 283 g/mol. The predicted molar refractivity (Wildman–Crippen MR) is 74.2 cm³/mol. The Kier molecular flexibility index (Phi) is 4.55. The highest BCUT2D eigenvalue weighted by Crippen LogP contribution is 2.23. The van der Waals surface area contributed by atoms with Crippen LogP contribution in [-0.4, -0.2) is 31.8 Å². The monoisotopic (exact) mass is 302 g/mol. The van der Waals surface area contributed by atoms with Gasteiger partial charge in [0.1, 0.15) is 5.82 Å². The number of hydrogen-bond acceptors (Lipinski definition) is 3. The van der Waals surface area contributed by atoms with E-state index in [-0.39, 0.29) is 10.5 Å². The third-order valence-electron chi connectivity index (χ3n) is 3.56. The normalized spacial score (nSPS) is 12.3. The fourth-order valence-corrected chi connectivity index (χ4v) is 2.32. The van der Waals surface area contributed by atoms with Crippen LogP contribution in [0.2, 0.25) is 0 Å². The lowest BCUT2D eigenvalue weighted by atomic mass is 9.99. The number of benzene rings is 1. The van der Waals surface area contributed by atoms with Gasteiger partial charge in [0.25, 0.3) is 5.91 Å². The smallest absolute Gasteiger partial charge is 0.255 e. The van der Waals surface area contributed by atoms with Crippen LogP contribution < -0.4 is 5.14 Å². The van der Waals surface area contributed by atoms with Crippen LogP contribution in [0.25, 0.3) is 0 Å². The summed E-state index contributed by atoms with van der Waals surface area (Å²) < 4.78 is 36.3. The topological polar surface area (TPSA) is 80.5 Å². The molecule has 2 N–H and O–H groups in total. The molecule has 5 nitrogen and oxygen atoms in total. The maximum absolute atomic E-state index is 13.3. The van der Waals surface area contributed by atoms with E-state index in [4.69, 9.17) is 5.14 Å². The van der Waals surface area contributed by atoms with Crippen LogP contribution in [0.1, 0.15) is 37.6 Å². The second-order valence-corrected chi connectivity index (χ2v) is 6.75. The second-order valence-electron chi connectivity index (χ2n) is 5.22. The van der Waals surface area contributed by atoms with Crippen LogP contribution in [0.15, 0.2) is 23.1 Å². The summed E-state index contributed by atoms with van der Waals surface area (Å²) in [6.45, 7) is 5.57. The lowest BCUT2D eigenvalue weighted by Gasteiger charge is -2.35. The lowest BCUT2D eigenvalue weighted by molar-refractivity contribution is 0.0615. The van der Waals surface area contributed by atoms with E-state index >= 15 is 0 Å². The summed E-state index contributed by atoms with van der Waals surface area (Å²) in [6, 6.07) is 2.86. The highest BCUT2D eigenvalue weighted by atomic mass is 32.2. The molecule has 20 heavy (non-hydrogen) atoms. The van der Waals surface area contributed by atoms with Crippen molar-refractivity contribution in [2.24, 2.45) is 5.14 Å². The first-order valence-electron chi connectivity index (χ1n) is 6.11. The van der Waals surface area contributed by atoms with Gasteiger partial charge in [-0.25, -0.2) is 17.9 Å². The summed E-state index contributed by atoms with van der Waals surface area (Å²) in [5.41, 5.74) is -0.740. The van der Waals surface area contributed by atoms with Crippen LogP contribution in [0.5, 0.6) is 0 Å². The molecular formula is C13H19FN2O3S. The molecule has 0 unspecified atom stereocenters. The first kappa shape index (κ1) is 16.6. The van der Waals surface area contributed by atoms with Crippen molar-refractivity contribution >= 4 is 15.9 Å². The third kappa shape index (κ3) is 3.34. The van der Waals surface area contributed by atoms with E-state index in [2.05, 4.69) is 0 Å². The molecule has 0 aliphatic heterocycles. The second kappa shape index (κ2) is 5.49. The lowest BCUT2D eigenvalue weighted by Crippen LogP contribution is -2.45. The van der Waals surface area contributed by atoms with Gasteiger partial charge in [0.2, 0.25) is 10.0 Å². The minimum atomic E-state index is -4.10. The molecule has 1 amide bonds. The van der Waals surface area contributed by atoms with E-state index in [1.165, 1.54) is 4.90 Å². The summed E-state index contributed by atoms with van der Waals surface area (Å²) in [5.74, 6) is -1.27. The number of primary sulfonamides is 1. The molecule has 0 fully saturated rings. The number of nitrogens with zero attached hydrogens (tertiary/aromatic N) is 1. The predicted octanol–water partition coefficient (Wildman–Crippen LogP) is 1.73. The maximum Gasteiger partial charge on any atom is 0.255 e. The zero-order valence-electron chi connectivity index (χ0n) is 12.0. The standard InChI is InChI=1S/C13H19FN2O3S/c1-5-13(2,3)16(4)12(17)10-8-9(14)6-7-11(10)20(15,18)19/h6-8H,5H2,1-4H3,(H2,15,18,19). The number of amides is 1. The first-order valence-corrected chi connectivity index (χ1v) is 7.66. The van der Waals surface area contributed by atoms with Gasteiger partial charge in [0, 0.05) is 12.6 Å². The number of halogens is 1. The summed E-state index contributed by atoms with van der Waals surface area (Å²) in [7, 11) is -2.55. The Labute approximate surface area is 118 Å². The van der Waals surface area contributed by atoms with E-state index < -0.39 is 27.3 Å². The molecule has 0 aliphatic carbocycles. The summed E-state index contributed by atoms with van der Waals surface area (Å²) in [4.78, 5) is 13.4. The first-order chi connectivity index (χ1) is 9.00. The Bertz CT molecular complexity index is 627. The molecule has 112 valence electrons. The highest BCUT2D eigenvalue weighted by Gasteiger charge is 2.30. The van der Waals surface area contributed by atoms with E-state index in [0.717, 1.165) is 18.2 Å². The van der Waals surface area contributed by atoms with Gasteiger partial charge >= 0.3 is 0 Å². The molecule has 1 aromatic rings. The van der Waals surface area contributed by atoms with E-state index in [9.17, 15) is 17.6 Å². The molecule has 0 saturated carbocycles. The molecule has 0 atom stereocenters. The van der Waals surface area contributed by atoms with Crippen molar-refractivity contribution in [3.05, 3.63) is 29.6 Å². The number of sulfonamides is 1. The SMILES string of the molecule is CCC(C)(C)N(C)C(=O)c1cc(F)ccc1S(N)(=O)=O. The molecule has 0 radical (unpaired) electrons. The maximum atomic E-state index is 13.3. The van der Waals surface area contributed by atoms with Gasteiger partial charge in [0.05, 0.1) is 10.5 Å². The van der Waals surface area contributed by atoms with Crippen molar-refractivity contribution < 1.29 is 17.6 Å². The van der Waals surface area contributed by atoms with E-state index in [1.807, 2.05) is 20.8 Å². The van der Waals surface area contributed by atoms with Gasteiger partial charge in [0.15, 0.2) is 0 Å². The molecule has 0 spiro atoms. The molecule has 0 saturated heterocycles. The van der Waals surface area contributed by atoms with Crippen LogP contribution >= 0.6 is 0 Å². The van der Waals surface area contributed by atoms with Crippen LogP contribution in [-0.2, 0) is 10.0 Å². The van der Waals surface area contributed by atoms with E-state index in [0.29, 0.717) is 6.42 Å². The average Bonchev–Trinajstić information content (AvgIpc) is 2.35. The van der Waals surface area contributed by atoms with Crippen LogP contribution in [0, 0.1) is 5.82 Å². The largest absolute Gasteiger partial charge is 0.337 e. The van der Waals surface area contributed by atoms with Gasteiger partial charge in [-0.2, -0.15) is 0 Å². The minimum Gasteiger partial charge on any atom is -0.337 e. The van der Waals surface area contributed by atoms with Crippen molar-refractivity contribution in [2.45, 2.75) is 37.6 Å². The molecule has 0 aliphatic rings. The Hall–Kier alpha value is -1.47. The Morgan fingerprint density at radius 3 is 2.40 bits per heavy atom. The van der Waals surface area contributed by atoms with Crippen LogP contribution in [0.3, 0.4) is 0 Å². The number of nitrogens with two attached hydrogens (primary N) is 1. The van der Waals surface area contributed by atoms with Crippen LogP contribution in [0.4, 0.5) is 4.39 Å². The zero-order valence-corrected chi connectivity index (χ0v) is 12.8. The van der Waals surface area contributed by atoms with Crippen molar-refractivity contribution in [2.75, 3.05) is 7.05 Å². The fraction of sp³-hybridized carbons (Fsp3) is 0.462. The van der Waals surface area contributed by atoms with Gasteiger partial charge < -0.3 is 4.90 Å².